The largest absolute Gasteiger partial charge is 0.465 e. The van der Waals surface area contributed by atoms with Crippen LogP contribution in [0.2, 0.25) is 0 Å². The number of allylic oxidation sites excluding steroid dienone is 3. The van der Waals surface area contributed by atoms with Gasteiger partial charge >= 0.3 is 5.97 Å². The van der Waals surface area contributed by atoms with Gasteiger partial charge in [0, 0.05) is 0 Å². The predicted octanol–water partition coefficient (Wildman–Crippen LogP) is 9.60. The number of esters is 1. The van der Waals surface area contributed by atoms with Crippen LogP contribution in [0.15, 0.2) is 47.5 Å². The molecule has 0 radical (unpaired) electrons. The summed E-state index contributed by atoms with van der Waals surface area (Å²) in [6.07, 6.45) is 16.0. The standard InChI is InChI=1S/C38H53NO3/c1-25(2)28-13-15-30(39-24-40)17-21-37(6)29(23-28)14-16-33-36(5)20-18-31(26-9-11-27(12-10-26)34(41)42-8)35(3,4)32(36)19-22-38(33,37)7/h9-12,18,28-30,32-33H,1,13-17,19-23H2,2-8H3. The van der Waals surface area contributed by atoms with E-state index in [0.29, 0.717) is 29.2 Å². The van der Waals surface area contributed by atoms with Gasteiger partial charge in [-0.15, -0.1) is 0 Å². The number of aliphatic imine (C=N–C) groups is 1. The number of methoxy groups -OCH3 is 1. The zero-order valence-corrected chi connectivity index (χ0v) is 27.2. The van der Waals surface area contributed by atoms with E-state index in [-0.39, 0.29) is 33.7 Å². The molecule has 3 fully saturated rings. The average molecular weight is 572 g/mol. The van der Waals surface area contributed by atoms with Gasteiger partial charge in [0.15, 0.2) is 0 Å². The normalized spacial score (nSPS) is 39.4. The Morgan fingerprint density at radius 1 is 0.929 bits per heavy atom. The van der Waals surface area contributed by atoms with E-state index in [4.69, 9.17) is 4.74 Å². The Balaban J connectivity index is 1.50. The Morgan fingerprint density at radius 2 is 1.62 bits per heavy atom. The zero-order valence-electron chi connectivity index (χ0n) is 27.2. The molecular formula is C38H53NO3. The molecular weight excluding hydrogens is 518 g/mol. The first-order valence-electron chi connectivity index (χ1n) is 16.4. The van der Waals surface area contributed by atoms with Crippen molar-refractivity contribution in [3.8, 4) is 0 Å². The highest BCUT2D eigenvalue weighted by Gasteiger charge is 2.65. The van der Waals surface area contributed by atoms with Gasteiger partial charge in [-0.05, 0) is 140 Å². The minimum absolute atomic E-state index is 0.0338. The van der Waals surface area contributed by atoms with Crippen LogP contribution < -0.4 is 0 Å². The van der Waals surface area contributed by atoms with Crippen LogP contribution >= 0.6 is 0 Å². The highest BCUT2D eigenvalue weighted by atomic mass is 16.5. The van der Waals surface area contributed by atoms with Gasteiger partial charge in [0.05, 0.1) is 18.7 Å². The monoisotopic (exact) mass is 571 g/mol. The second kappa shape index (κ2) is 11.2. The fourth-order valence-corrected chi connectivity index (χ4v) is 11.0. The van der Waals surface area contributed by atoms with Gasteiger partial charge in [0.2, 0.25) is 6.08 Å². The maximum atomic E-state index is 12.0. The molecule has 4 aliphatic rings. The second-order valence-electron chi connectivity index (χ2n) is 15.6. The van der Waals surface area contributed by atoms with Crippen molar-refractivity contribution in [3.63, 3.8) is 0 Å². The van der Waals surface area contributed by atoms with Gasteiger partial charge in [0.25, 0.3) is 0 Å². The van der Waals surface area contributed by atoms with Gasteiger partial charge in [-0.2, -0.15) is 0 Å². The van der Waals surface area contributed by atoms with Crippen molar-refractivity contribution in [1.82, 2.24) is 0 Å². The first-order valence-corrected chi connectivity index (χ1v) is 16.4. The smallest absolute Gasteiger partial charge is 0.337 e. The molecule has 0 heterocycles. The maximum Gasteiger partial charge on any atom is 0.337 e. The fourth-order valence-electron chi connectivity index (χ4n) is 11.0. The van der Waals surface area contributed by atoms with Crippen LogP contribution in [0.1, 0.15) is 122 Å². The van der Waals surface area contributed by atoms with E-state index in [1.54, 1.807) is 0 Å². The molecule has 8 unspecified atom stereocenters. The van der Waals surface area contributed by atoms with Gasteiger partial charge < -0.3 is 4.74 Å². The molecule has 0 aromatic heterocycles. The molecule has 42 heavy (non-hydrogen) atoms. The van der Waals surface area contributed by atoms with E-state index >= 15 is 0 Å². The van der Waals surface area contributed by atoms with Gasteiger partial charge in [-0.3, -0.25) is 0 Å². The quantitative estimate of drug-likeness (QED) is 0.156. The van der Waals surface area contributed by atoms with Crippen LogP contribution in [-0.2, 0) is 9.53 Å². The number of fused-ring (bicyclic) bond motifs is 5. The van der Waals surface area contributed by atoms with Crippen molar-refractivity contribution in [2.75, 3.05) is 7.11 Å². The summed E-state index contributed by atoms with van der Waals surface area (Å²) in [5.41, 5.74) is 5.25. The summed E-state index contributed by atoms with van der Waals surface area (Å²) in [5.74, 6) is 2.14. The van der Waals surface area contributed by atoms with E-state index in [2.05, 4.69) is 71.3 Å². The third-order valence-electron chi connectivity index (χ3n) is 13.6. The molecule has 228 valence electrons. The van der Waals surface area contributed by atoms with E-state index in [1.165, 1.54) is 55.9 Å². The number of isocyanates is 1. The molecule has 4 heteroatoms. The van der Waals surface area contributed by atoms with Crippen molar-refractivity contribution in [1.29, 1.82) is 0 Å². The lowest BCUT2D eigenvalue weighted by atomic mass is 9.35. The third-order valence-corrected chi connectivity index (χ3v) is 13.6. The molecule has 0 N–H and O–H groups in total. The molecule has 5 rings (SSSR count). The zero-order chi connectivity index (χ0) is 30.5. The van der Waals surface area contributed by atoms with Crippen LogP contribution in [0.5, 0.6) is 0 Å². The summed E-state index contributed by atoms with van der Waals surface area (Å²) in [6, 6.07) is 8.11. The Bertz CT molecular complexity index is 1290. The summed E-state index contributed by atoms with van der Waals surface area (Å²) in [7, 11) is 1.43. The Labute approximate surface area is 254 Å². The number of rotatable bonds is 4. The minimum atomic E-state index is -0.287. The number of carbonyl (C=O) groups excluding carboxylic acids is 2. The molecule has 0 aliphatic heterocycles. The summed E-state index contributed by atoms with van der Waals surface area (Å²) in [4.78, 5) is 27.7. The maximum absolute atomic E-state index is 12.0. The average Bonchev–Trinajstić information content (AvgIpc) is 3.01. The summed E-state index contributed by atoms with van der Waals surface area (Å²) >= 11 is 0. The molecule has 4 aliphatic carbocycles. The highest BCUT2D eigenvalue weighted by Crippen LogP contribution is 2.74. The molecule has 0 saturated heterocycles. The van der Waals surface area contributed by atoms with E-state index < -0.39 is 0 Å². The van der Waals surface area contributed by atoms with Crippen LogP contribution in [0.4, 0.5) is 0 Å². The predicted molar refractivity (Wildman–Crippen MR) is 171 cm³/mol. The van der Waals surface area contributed by atoms with Crippen LogP contribution in [0, 0.1) is 45.3 Å². The van der Waals surface area contributed by atoms with Crippen molar-refractivity contribution in [2.45, 2.75) is 112 Å². The van der Waals surface area contributed by atoms with E-state index in [0.717, 1.165) is 32.1 Å². The van der Waals surface area contributed by atoms with Gasteiger partial charge in [-0.25, -0.2) is 14.6 Å². The van der Waals surface area contributed by atoms with Crippen molar-refractivity contribution >= 4 is 17.6 Å². The second-order valence-corrected chi connectivity index (χ2v) is 15.6. The van der Waals surface area contributed by atoms with Crippen molar-refractivity contribution in [3.05, 3.63) is 53.6 Å². The number of hydrogen-bond acceptors (Lipinski definition) is 4. The topological polar surface area (TPSA) is 55.7 Å². The van der Waals surface area contributed by atoms with Crippen LogP contribution in [0.3, 0.4) is 0 Å². The number of ether oxygens (including phenoxy) is 1. The highest BCUT2D eigenvalue weighted by molar-refractivity contribution is 5.89. The summed E-state index contributed by atoms with van der Waals surface area (Å²) in [6.45, 7) is 19.4. The molecule has 4 nitrogen and oxygen atoms in total. The molecule has 8 atom stereocenters. The van der Waals surface area contributed by atoms with E-state index in [1.807, 2.05) is 18.2 Å². The minimum Gasteiger partial charge on any atom is -0.465 e. The molecule has 0 bridgehead atoms. The molecule has 3 saturated carbocycles. The van der Waals surface area contributed by atoms with Gasteiger partial charge in [0.1, 0.15) is 0 Å². The number of carbonyl (C=O) groups is 1. The van der Waals surface area contributed by atoms with Crippen molar-refractivity contribution < 1.29 is 14.3 Å². The summed E-state index contributed by atoms with van der Waals surface area (Å²) < 4.78 is 4.93. The van der Waals surface area contributed by atoms with Gasteiger partial charge in [-0.1, -0.05) is 65.0 Å². The SMILES string of the molecule is C=C(C)C1CCC(N=C=O)CCC2(C)C(CCC3C4(C)CC=C(c5ccc(C(=O)OC)cc5)C(C)(C)C4CCC32C)C1. The number of benzene rings is 1. The number of hydrogen-bond donors (Lipinski definition) is 0. The van der Waals surface area contributed by atoms with Crippen LogP contribution in [0.25, 0.3) is 5.57 Å². The summed E-state index contributed by atoms with van der Waals surface area (Å²) in [5, 5.41) is 0. The molecule has 0 spiro atoms. The third kappa shape index (κ3) is 4.86. The lowest BCUT2D eigenvalue weighted by molar-refractivity contribution is -0.194. The number of nitrogens with zero attached hydrogens (tertiary/aromatic N) is 1. The van der Waals surface area contributed by atoms with Crippen molar-refractivity contribution in [2.24, 2.45) is 50.3 Å². The molecule has 1 aromatic rings. The fraction of sp³-hybridized carbons (Fsp3) is 0.684. The Morgan fingerprint density at radius 3 is 2.26 bits per heavy atom. The lowest BCUT2D eigenvalue weighted by Gasteiger charge is -2.70. The Kier molecular flexibility index (Phi) is 8.29. The van der Waals surface area contributed by atoms with E-state index in [9.17, 15) is 9.59 Å². The molecule has 1 aromatic carbocycles. The van der Waals surface area contributed by atoms with Crippen LogP contribution in [-0.4, -0.2) is 25.2 Å². The lowest BCUT2D eigenvalue weighted by Crippen LogP contribution is -2.62. The molecule has 0 amide bonds. The first kappa shape index (κ1) is 31.0. The Hall–Kier alpha value is -2.45. The first-order chi connectivity index (χ1) is 19.8.